The quantitative estimate of drug-likeness (QED) is 0.395. The summed E-state index contributed by atoms with van der Waals surface area (Å²) in [7, 11) is 0. The van der Waals surface area contributed by atoms with Crippen molar-refractivity contribution < 1.29 is 5.11 Å². The predicted octanol–water partition coefficient (Wildman–Crippen LogP) is 7.01. The second-order valence-corrected chi connectivity index (χ2v) is 7.64. The Bertz CT molecular complexity index is 977. The molecule has 3 aromatic carbocycles. The smallest absolute Gasteiger partial charge is 0.131 e. The van der Waals surface area contributed by atoms with Crippen LogP contribution in [-0.2, 0) is 0 Å². The highest BCUT2D eigenvalue weighted by Gasteiger charge is 2.20. The average molecular weight is 357 g/mol. The van der Waals surface area contributed by atoms with Gasteiger partial charge in [0.05, 0.1) is 0 Å². The normalized spacial score (nSPS) is 12.1. The largest absolute Gasteiger partial charge is 0.507 e. The Kier molecular flexibility index (Phi) is 5.23. The van der Waals surface area contributed by atoms with Gasteiger partial charge in [0, 0.05) is 11.1 Å². The van der Waals surface area contributed by atoms with Gasteiger partial charge in [-0.25, -0.2) is 0 Å². The highest BCUT2D eigenvalue weighted by Crippen LogP contribution is 2.37. The zero-order chi connectivity index (χ0) is 19.7. The van der Waals surface area contributed by atoms with Gasteiger partial charge in [0.1, 0.15) is 5.76 Å². The summed E-state index contributed by atoms with van der Waals surface area (Å²) in [5.74, 6) is 0.353. The third kappa shape index (κ3) is 3.68. The molecule has 0 aliphatic heterocycles. The molecule has 0 saturated heterocycles. The summed E-state index contributed by atoms with van der Waals surface area (Å²) >= 11 is 0. The average Bonchev–Trinajstić information content (AvgIpc) is 2.57. The van der Waals surface area contributed by atoms with Gasteiger partial charge in [-0.05, 0) is 74.9 Å². The fraction of sp³-hybridized carbons (Fsp3) is 0.231. The first-order valence-corrected chi connectivity index (χ1v) is 9.44. The van der Waals surface area contributed by atoms with Crippen LogP contribution < -0.4 is 0 Å². The van der Waals surface area contributed by atoms with Crippen molar-refractivity contribution in [3.05, 3.63) is 105 Å². The molecule has 0 aliphatic rings. The molecule has 3 rings (SSSR count). The van der Waals surface area contributed by atoms with Crippen LogP contribution in [0.4, 0.5) is 0 Å². The van der Waals surface area contributed by atoms with Crippen molar-refractivity contribution in [2.45, 2.75) is 41.5 Å². The first-order chi connectivity index (χ1) is 12.8. The Balaban J connectivity index is 2.41. The standard InChI is InChI=1S/C26H28O/c1-16-12-18(3)23(19(4)13-16)25(22-10-8-7-9-11-22)26(27)24-20(5)14-17(2)15-21(24)6/h7-15,27H,1-6H3/b26-25-. The first-order valence-electron chi connectivity index (χ1n) is 9.44. The zero-order valence-corrected chi connectivity index (χ0v) is 17.1. The molecule has 3 aromatic rings. The first kappa shape index (κ1) is 19.0. The molecule has 0 aromatic heterocycles. The van der Waals surface area contributed by atoms with Crippen LogP contribution in [0, 0.1) is 41.5 Å². The van der Waals surface area contributed by atoms with Gasteiger partial charge < -0.3 is 5.11 Å². The molecular formula is C26H28O. The molecular weight excluding hydrogens is 328 g/mol. The summed E-state index contributed by atoms with van der Waals surface area (Å²) in [5, 5.41) is 11.5. The number of hydrogen-bond acceptors (Lipinski definition) is 1. The highest BCUT2D eigenvalue weighted by atomic mass is 16.3. The SMILES string of the molecule is Cc1cc(C)c(/C(O)=C(\c2ccccc2)c2c(C)cc(C)cc2C)c(C)c1. The fourth-order valence-corrected chi connectivity index (χ4v) is 4.26. The maximum Gasteiger partial charge on any atom is 0.131 e. The Morgan fingerprint density at radius 1 is 0.593 bits per heavy atom. The van der Waals surface area contributed by atoms with Crippen LogP contribution >= 0.6 is 0 Å². The second kappa shape index (κ2) is 7.44. The van der Waals surface area contributed by atoms with Crippen molar-refractivity contribution in [3.63, 3.8) is 0 Å². The maximum atomic E-state index is 11.5. The molecule has 0 aliphatic carbocycles. The van der Waals surface area contributed by atoms with Crippen LogP contribution in [-0.4, -0.2) is 5.11 Å². The minimum absolute atomic E-state index is 0.353. The number of benzene rings is 3. The van der Waals surface area contributed by atoms with E-state index in [-0.39, 0.29) is 0 Å². The molecule has 27 heavy (non-hydrogen) atoms. The molecule has 0 bridgehead atoms. The highest BCUT2D eigenvalue weighted by molar-refractivity contribution is 5.98. The van der Waals surface area contributed by atoms with Crippen molar-refractivity contribution >= 4 is 11.3 Å². The van der Waals surface area contributed by atoms with E-state index in [9.17, 15) is 5.11 Å². The van der Waals surface area contributed by atoms with Crippen LogP contribution in [0.2, 0.25) is 0 Å². The lowest BCUT2D eigenvalue weighted by Gasteiger charge is -2.20. The van der Waals surface area contributed by atoms with Crippen molar-refractivity contribution in [3.8, 4) is 0 Å². The van der Waals surface area contributed by atoms with Crippen LogP contribution in [0.1, 0.15) is 50.1 Å². The number of aliphatic hydroxyl groups is 1. The Hall–Kier alpha value is -2.80. The zero-order valence-electron chi connectivity index (χ0n) is 17.1. The van der Waals surface area contributed by atoms with Crippen LogP contribution in [0.5, 0.6) is 0 Å². The van der Waals surface area contributed by atoms with E-state index in [1.807, 2.05) is 18.2 Å². The van der Waals surface area contributed by atoms with E-state index in [2.05, 4.69) is 77.9 Å². The molecule has 1 heteroatoms. The third-order valence-corrected chi connectivity index (χ3v) is 5.14. The molecule has 1 N–H and O–H groups in total. The number of aryl methyl sites for hydroxylation is 6. The minimum Gasteiger partial charge on any atom is -0.507 e. The molecule has 0 atom stereocenters. The third-order valence-electron chi connectivity index (χ3n) is 5.14. The van der Waals surface area contributed by atoms with Gasteiger partial charge in [0.15, 0.2) is 0 Å². The van der Waals surface area contributed by atoms with Crippen molar-refractivity contribution in [1.82, 2.24) is 0 Å². The Morgan fingerprint density at radius 2 is 1.00 bits per heavy atom. The van der Waals surface area contributed by atoms with Gasteiger partial charge in [-0.1, -0.05) is 65.7 Å². The van der Waals surface area contributed by atoms with E-state index < -0.39 is 0 Å². The number of aliphatic hydroxyl groups excluding tert-OH is 1. The van der Waals surface area contributed by atoms with E-state index in [1.54, 1.807) is 0 Å². The summed E-state index contributed by atoms with van der Waals surface area (Å²) in [5.41, 5.74) is 11.0. The van der Waals surface area contributed by atoms with Gasteiger partial charge in [0.2, 0.25) is 0 Å². The van der Waals surface area contributed by atoms with Gasteiger partial charge in [0.25, 0.3) is 0 Å². The van der Waals surface area contributed by atoms with Crippen molar-refractivity contribution in [1.29, 1.82) is 0 Å². The second-order valence-electron chi connectivity index (χ2n) is 7.64. The number of rotatable bonds is 3. The van der Waals surface area contributed by atoms with Gasteiger partial charge in [-0.2, -0.15) is 0 Å². The van der Waals surface area contributed by atoms with E-state index in [0.717, 1.165) is 33.4 Å². The fourth-order valence-electron chi connectivity index (χ4n) is 4.26. The Labute approximate surface area is 163 Å². The van der Waals surface area contributed by atoms with Crippen LogP contribution in [0.15, 0.2) is 54.6 Å². The minimum atomic E-state index is 0.353. The summed E-state index contributed by atoms with van der Waals surface area (Å²) in [6, 6.07) is 18.8. The maximum absolute atomic E-state index is 11.5. The van der Waals surface area contributed by atoms with Crippen molar-refractivity contribution in [2.24, 2.45) is 0 Å². The van der Waals surface area contributed by atoms with Gasteiger partial charge in [-0.15, -0.1) is 0 Å². The molecule has 0 heterocycles. The van der Waals surface area contributed by atoms with E-state index in [0.29, 0.717) is 5.76 Å². The van der Waals surface area contributed by atoms with Crippen molar-refractivity contribution in [2.75, 3.05) is 0 Å². The molecule has 0 spiro atoms. The van der Waals surface area contributed by atoms with Gasteiger partial charge in [-0.3, -0.25) is 0 Å². The summed E-state index contributed by atoms with van der Waals surface area (Å²) in [6.07, 6.45) is 0. The molecule has 0 amide bonds. The molecule has 0 radical (unpaired) electrons. The topological polar surface area (TPSA) is 20.2 Å². The lowest BCUT2D eigenvalue weighted by Crippen LogP contribution is -2.03. The summed E-state index contributed by atoms with van der Waals surface area (Å²) in [4.78, 5) is 0. The van der Waals surface area contributed by atoms with E-state index >= 15 is 0 Å². The molecule has 0 unspecified atom stereocenters. The van der Waals surface area contributed by atoms with E-state index in [4.69, 9.17) is 0 Å². The molecule has 0 saturated carbocycles. The molecule has 138 valence electrons. The molecule has 1 nitrogen and oxygen atoms in total. The number of hydrogen-bond donors (Lipinski definition) is 1. The monoisotopic (exact) mass is 356 g/mol. The van der Waals surface area contributed by atoms with E-state index in [1.165, 1.54) is 22.3 Å². The summed E-state index contributed by atoms with van der Waals surface area (Å²) in [6.45, 7) is 12.6. The van der Waals surface area contributed by atoms with Crippen LogP contribution in [0.25, 0.3) is 11.3 Å². The summed E-state index contributed by atoms with van der Waals surface area (Å²) < 4.78 is 0. The van der Waals surface area contributed by atoms with Crippen LogP contribution in [0.3, 0.4) is 0 Å². The molecule has 0 fully saturated rings. The van der Waals surface area contributed by atoms with Gasteiger partial charge >= 0.3 is 0 Å². The lowest BCUT2D eigenvalue weighted by molar-refractivity contribution is 0.512. The Morgan fingerprint density at radius 3 is 1.44 bits per heavy atom. The predicted molar refractivity (Wildman–Crippen MR) is 116 cm³/mol. The lowest BCUT2D eigenvalue weighted by atomic mass is 9.86.